The summed E-state index contributed by atoms with van der Waals surface area (Å²) >= 11 is 0. The van der Waals surface area contributed by atoms with Crippen LogP contribution in [0.2, 0.25) is 0 Å². The van der Waals surface area contributed by atoms with Gasteiger partial charge in [0.15, 0.2) is 0 Å². The molecule has 52 heavy (non-hydrogen) atoms. The topological polar surface area (TPSA) is 136 Å². The molecule has 0 N–H and O–H groups in total. The number of methoxy groups -OCH3 is 4. The zero-order chi connectivity index (χ0) is 36.5. The standard InChI is InChI=1S/C38H42N6O8/c1-49-29-13-5-25(6-14-29)21-39-35-33(43(45)46)38-41(23-27-9-17-31(51-3)18-10-27)36(39)34(44(47)48)37(40(35)22-26-7-15-30(50-2)16-8-26)42(38)24-28-11-19-32(52-4)20-12-28/h5-20,33-38H,21-24H2,1-4H3. The lowest BCUT2D eigenvalue weighted by Crippen LogP contribution is -2.92. The van der Waals surface area contributed by atoms with E-state index in [2.05, 4.69) is 0 Å². The van der Waals surface area contributed by atoms with Crippen LogP contribution >= 0.6 is 0 Å². The number of hydrogen-bond acceptors (Lipinski definition) is 12. The molecule has 0 aromatic heterocycles. The van der Waals surface area contributed by atoms with Gasteiger partial charge in [-0.2, -0.15) is 0 Å². The summed E-state index contributed by atoms with van der Waals surface area (Å²) in [7, 11) is 6.35. The molecule has 0 saturated carbocycles. The fourth-order valence-corrected chi connectivity index (χ4v) is 8.22. The summed E-state index contributed by atoms with van der Waals surface area (Å²) < 4.78 is 21.5. The Hall–Kier alpha value is -5.28. The second-order valence-corrected chi connectivity index (χ2v) is 13.3. The van der Waals surface area contributed by atoms with Gasteiger partial charge >= 0.3 is 0 Å². The third kappa shape index (κ3) is 6.50. The van der Waals surface area contributed by atoms with Crippen LogP contribution < -0.4 is 18.9 Å². The minimum atomic E-state index is -1.15. The monoisotopic (exact) mass is 710 g/mol. The van der Waals surface area contributed by atoms with E-state index < -0.39 is 36.7 Å². The molecule has 4 aromatic rings. The fourth-order valence-electron chi connectivity index (χ4n) is 8.22. The largest absolute Gasteiger partial charge is 0.497 e. The van der Waals surface area contributed by atoms with Crippen LogP contribution in [0, 0.1) is 20.2 Å². The normalized spacial score (nSPS) is 24.5. The first-order valence-electron chi connectivity index (χ1n) is 17.1. The molecule has 4 heterocycles. The maximum Gasteiger partial charge on any atom is 0.270 e. The van der Waals surface area contributed by atoms with Crippen molar-refractivity contribution in [3.8, 4) is 23.0 Å². The Morgan fingerprint density at radius 1 is 0.423 bits per heavy atom. The summed E-state index contributed by atoms with van der Waals surface area (Å²) in [6.07, 6.45) is -3.02. The van der Waals surface area contributed by atoms with E-state index in [1.54, 1.807) is 28.4 Å². The first kappa shape index (κ1) is 35.1. The second-order valence-electron chi connectivity index (χ2n) is 13.3. The van der Waals surface area contributed by atoms with Gasteiger partial charge < -0.3 is 18.9 Å². The molecule has 4 aliphatic rings. The summed E-state index contributed by atoms with van der Waals surface area (Å²) in [5.41, 5.74) is 3.45. The van der Waals surface area contributed by atoms with E-state index in [1.807, 2.05) is 117 Å². The highest BCUT2D eigenvalue weighted by Crippen LogP contribution is 2.49. The highest BCUT2D eigenvalue weighted by Gasteiger charge is 2.74. The van der Waals surface area contributed by atoms with E-state index in [9.17, 15) is 20.2 Å². The molecule has 0 unspecified atom stereocenters. The molecule has 14 heteroatoms. The highest BCUT2D eigenvalue weighted by molar-refractivity contribution is 5.32. The Balaban J connectivity index is 1.39. The number of rotatable bonds is 14. The van der Waals surface area contributed by atoms with Crippen LogP contribution in [0.15, 0.2) is 97.1 Å². The van der Waals surface area contributed by atoms with Gasteiger partial charge in [0.25, 0.3) is 12.1 Å². The molecule has 4 bridgehead atoms. The molecular formula is C38H42N6O8. The molecule has 8 rings (SSSR count). The highest BCUT2D eigenvalue weighted by atomic mass is 16.6. The van der Waals surface area contributed by atoms with E-state index >= 15 is 0 Å². The van der Waals surface area contributed by atoms with E-state index in [0.717, 1.165) is 22.3 Å². The lowest BCUT2D eigenvalue weighted by Gasteiger charge is -2.68. The van der Waals surface area contributed by atoms with Gasteiger partial charge in [0, 0.05) is 36.0 Å². The third-order valence-corrected chi connectivity index (χ3v) is 10.5. The van der Waals surface area contributed by atoms with Crippen molar-refractivity contribution in [1.29, 1.82) is 0 Å². The maximum absolute atomic E-state index is 13.5. The van der Waals surface area contributed by atoms with Gasteiger partial charge in [0.2, 0.25) is 0 Å². The molecular weight excluding hydrogens is 668 g/mol. The van der Waals surface area contributed by atoms with Crippen LogP contribution in [0.5, 0.6) is 23.0 Å². The molecule has 0 radical (unpaired) electrons. The zero-order valence-corrected chi connectivity index (χ0v) is 29.5. The minimum Gasteiger partial charge on any atom is -0.497 e. The first-order chi connectivity index (χ1) is 25.2. The average molecular weight is 711 g/mol. The molecule has 0 amide bonds. The van der Waals surface area contributed by atoms with Crippen molar-refractivity contribution in [3.05, 3.63) is 140 Å². The summed E-state index contributed by atoms with van der Waals surface area (Å²) in [5.74, 6) is 2.69. The number of nitrogens with zero attached hydrogens (tertiary/aromatic N) is 6. The lowest BCUT2D eigenvalue weighted by molar-refractivity contribution is -0.620. The van der Waals surface area contributed by atoms with Crippen LogP contribution in [-0.2, 0) is 26.2 Å². The van der Waals surface area contributed by atoms with Crippen molar-refractivity contribution in [2.45, 2.75) is 62.9 Å². The van der Waals surface area contributed by atoms with Gasteiger partial charge in [-0.1, -0.05) is 48.5 Å². The Labute approximate surface area is 301 Å². The Kier molecular flexibility index (Phi) is 9.97. The third-order valence-electron chi connectivity index (χ3n) is 10.5. The second kappa shape index (κ2) is 14.8. The predicted molar refractivity (Wildman–Crippen MR) is 191 cm³/mol. The number of benzene rings is 4. The van der Waals surface area contributed by atoms with Gasteiger partial charge in [-0.3, -0.25) is 39.8 Å². The maximum atomic E-state index is 13.5. The molecule has 4 fully saturated rings. The van der Waals surface area contributed by atoms with Crippen LogP contribution in [-0.4, -0.2) is 94.6 Å². The number of nitro groups is 2. The quantitative estimate of drug-likeness (QED) is 0.133. The van der Waals surface area contributed by atoms with Crippen molar-refractivity contribution >= 4 is 0 Å². The lowest BCUT2D eigenvalue weighted by atomic mass is 9.83. The van der Waals surface area contributed by atoms with Gasteiger partial charge in [-0.25, -0.2) is 0 Å². The van der Waals surface area contributed by atoms with E-state index in [0.29, 0.717) is 23.0 Å². The molecule has 4 aromatic carbocycles. The summed E-state index contributed by atoms with van der Waals surface area (Å²) in [6.45, 7) is 1.02. The predicted octanol–water partition coefficient (Wildman–Crippen LogP) is 4.67. The molecule has 0 aliphatic carbocycles. The van der Waals surface area contributed by atoms with Crippen LogP contribution in [0.4, 0.5) is 0 Å². The van der Waals surface area contributed by atoms with Gasteiger partial charge in [-0.15, -0.1) is 0 Å². The van der Waals surface area contributed by atoms with E-state index in [-0.39, 0.29) is 36.0 Å². The molecule has 272 valence electrons. The summed E-state index contributed by atoms with van der Waals surface area (Å²) in [5, 5.41) is 27.1. The average Bonchev–Trinajstić information content (AvgIpc) is 3.16. The molecule has 4 aliphatic heterocycles. The molecule has 4 saturated heterocycles. The fraction of sp³-hybridized carbons (Fsp3) is 0.368. The van der Waals surface area contributed by atoms with Crippen LogP contribution in [0.3, 0.4) is 0 Å². The SMILES string of the molecule is COc1ccc(CN2C3C([N+](=O)[O-])C4N(Cc5ccc(OC)cc5)C2C([N+](=O)[O-])C(N3Cc2ccc(OC)cc2)N4Cc2ccc(OC)cc2)cc1. The van der Waals surface area contributed by atoms with Crippen LogP contribution in [0.25, 0.3) is 0 Å². The summed E-state index contributed by atoms with van der Waals surface area (Å²) in [4.78, 5) is 34.6. The van der Waals surface area contributed by atoms with E-state index in [1.165, 1.54) is 0 Å². The first-order valence-corrected chi connectivity index (χ1v) is 17.1. The molecule has 14 nitrogen and oxygen atoms in total. The van der Waals surface area contributed by atoms with Crippen molar-refractivity contribution in [2.75, 3.05) is 28.4 Å². The Morgan fingerprint density at radius 3 is 0.769 bits per heavy atom. The number of ether oxygens (including phenoxy) is 4. The zero-order valence-electron chi connectivity index (χ0n) is 29.5. The van der Waals surface area contributed by atoms with Crippen molar-refractivity contribution in [1.82, 2.24) is 19.6 Å². The number of hydrogen-bond donors (Lipinski definition) is 0. The molecule has 0 atom stereocenters. The van der Waals surface area contributed by atoms with Gasteiger partial charge in [0.05, 0.1) is 28.4 Å². The minimum absolute atomic E-state index is 0.196. The van der Waals surface area contributed by atoms with Crippen molar-refractivity contribution < 1.29 is 28.8 Å². The van der Waals surface area contributed by atoms with Gasteiger partial charge in [0.1, 0.15) is 47.7 Å². The Morgan fingerprint density at radius 2 is 0.615 bits per heavy atom. The van der Waals surface area contributed by atoms with Gasteiger partial charge in [-0.05, 0) is 70.8 Å². The van der Waals surface area contributed by atoms with E-state index in [4.69, 9.17) is 18.9 Å². The Bertz CT molecular complexity index is 1580. The van der Waals surface area contributed by atoms with Crippen LogP contribution in [0.1, 0.15) is 22.3 Å². The molecule has 0 spiro atoms. The van der Waals surface area contributed by atoms with Crippen molar-refractivity contribution in [3.63, 3.8) is 0 Å². The summed E-state index contributed by atoms with van der Waals surface area (Å²) in [6, 6.07) is 27.7. The smallest absolute Gasteiger partial charge is 0.270 e. The van der Waals surface area contributed by atoms with Crippen molar-refractivity contribution in [2.24, 2.45) is 0 Å².